The number of benzene rings is 3. The van der Waals surface area contributed by atoms with E-state index in [1.54, 1.807) is 0 Å². The highest BCUT2D eigenvalue weighted by atomic mass is 19.1. The molecule has 0 aromatic heterocycles. The zero-order chi connectivity index (χ0) is 19.2. The molecule has 3 aromatic rings. The lowest BCUT2D eigenvalue weighted by Crippen LogP contribution is -2.16. The van der Waals surface area contributed by atoms with Gasteiger partial charge in [0.1, 0.15) is 25.5 Å². The largest absolute Gasteiger partial charge is 0.265 e. The van der Waals surface area contributed by atoms with Crippen LogP contribution in [0.3, 0.4) is 0 Å². The molecule has 1 unspecified atom stereocenters. The first kappa shape index (κ1) is 18.5. The van der Waals surface area contributed by atoms with Crippen molar-refractivity contribution in [3.63, 3.8) is 0 Å². The van der Waals surface area contributed by atoms with Gasteiger partial charge in [0.2, 0.25) is 0 Å². The van der Waals surface area contributed by atoms with Crippen molar-refractivity contribution in [3.8, 4) is 6.07 Å². The SMILES string of the molecule is [B]c1cc(F)c(CC(C#N)N=C(c2ccccc2)c2ccccc2)cc1F. The van der Waals surface area contributed by atoms with Gasteiger partial charge in [0.05, 0.1) is 11.8 Å². The quantitative estimate of drug-likeness (QED) is 0.507. The first-order chi connectivity index (χ1) is 13.1. The lowest BCUT2D eigenvalue weighted by Gasteiger charge is -2.12. The molecular weight excluding hydrogens is 341 g/mol. The molecule has 0 N–H and O–H groups in total. The van der Waals surface area contributed by atoms with E-state index < -0.39 is 17.7 Å². The summed E-state index contributed by atoms with van der Waals surface area (Å²) >= 11 is 0. The van der Waals surface area contributed by atoms with Crippen LogP contribution in [-0.4, -0.2) is 19.6 Å². The van der Waals surface area contributed by atoms with Crippen molar-refractivity contribution >= 4 is 19.0 Å². The minimum absolute atomic E-state index is 0.0529. The Hall–Kier alpha value is -3.26. The predicted molar refractivity (Wildman–Crippen MR) is 103 cm³/mol. The molecule has 27 heavy (non-hydrogen) atoms. The molecule has 3 aromatic carbocycles. The number of hydrogen-bond acceptors (Lipinski definition) is 2. The van der Waals surface area contributed by atoms with Crippen molar-refractivity contribution in [2.24, 2.45) is 4.99 Å². The Labute approximate surface area is 158 Å². The summed E-state index contributed by atoms with van der Waals surface area (Å²) in [7, 11) is 5.38. The van der Waals surface area contributed by atoms with Crippen LogP contribution >= 0.6 is 0 Å². The molecule has 3 rings (SSSR count). The number of hydrogen-bond donors (Lipinski definition) is 0. The second-order valence-corrected chi connectivity index (χ2v) is 6.02. The van der Waals surface area contributed by atoms with Crippen molar-refractivity contribution in [1.29, 1.82) is 5.26 Å². The number of aliphatic imine (C=N–C) groups is 1. The minimum atomic E-state index is -0.877. The Kier molecular flexibility index (Phi) is 5.78. The molecule has 130 valence electrons. The lowest BCUT2D eigenvalue weighted by atomic mass is 9.92. The van der Waals surface area contributed by atoms with Crippen LogP contribution in [0.1, 0.15) is 16.7 Å². The highest BCUT2D eigenvalue weighted by Gasteiger charge is 2.15. The van der Waals surface area contributed by atoms with E-state index in [0.717, 1.165) is 23.3 Å². The highest BCUT2D eigenvalue weighted by molar-refractivity contribution is 6.32. The van der Waals surface area contributed by atoms with Crippen LogP contribution < -0.4 is 5.46 Å². The standard InChI is InChI=1S/C22H15BF2N2/c23-19-13-20(24)17(12-21(19)25)11-18(14-26)27-22(15-7-3-1-4-8-15)16-9-5-2-6-10-16/h1-10,12-13,18H,11H2. The van der Waals surface area contributed by atoms with Crippen molar-refractivity contribution in [3.05, 3.63) is 101 Å². The third kappa shape index (κ3) is 4.48. The van der Waals surface area contributed by atoms with E-state index >= 15 is 0 Å². The summed E-state index contributed by atoms with van der Waals surface area (Å²) in [5.74, 6) is -1.36. The maximum Gasteiger partial charge on any atom is 0.141 e. The Morgan fingerprint density at radius 3 is 2.00 bits per heavy atom. The molecule has 0 aliphatic heterocycles. The van der Waals surface area contributed by atoms with Crippen LogP contribution in [0.4, 0.5) is 8.78 Å². The average Bonchev–Trinajstić information content (AvgIpc) is 2.70. The molecule has 0 amide bonds. The van der Waals surface area contributed by atoms with Gasteiger partial charge in [0.15, 0.2) is 0 Å². The Balaban J connectivity index is 2.00. The molecule has 0 spiro atoms. The monoisotopic (exact) mass is 356 g/mol. The third-order valence-electron chi connectivity index (χ3n) is 4.11. The summed E-state index contributed by atoms with van der Waals surface area (Å²) in [5, 5.41) is 9.55. The Morgan fingerprint density at radius 2 is 1.48 bits per heavy atom. The van der Waals surface area contributed by atoms with E-state index in [9.17, 15) is 14.0 Å². The molecule has 0 heterocycles. The van der Waals surface area contributed by atoms with E-state index in [-0.39, 0.29) is 17.4 Å². The van der Waals surface area contributed by atoms with Crippen molar-refractivity contribution in [2.45, 2.75) is 12.5 Å². The lowest BCUT2D eigenvalue weighted by molar-refractivity contribution is 0.586. The van der Waals surface area contributed by atoms with E-state index in [1.165, 1.54) is 0 Å². The fourth-order valence-corrected chi connectivity index (χ4v) is 2.75. The molecule has 0 bridgehead atoms. The van der Waals surface area contributed by atoms with E-state index in [2.05, 4.69) is 11.1 Å². The van der Waals surface area contributed by atoms with Crippen LogP contribution in [0.2, 0.25) is 0 Å². The van der Waals surface area contributed by atoms with Gasteiger partial charge in [-0.05, 0) is 17.7 Å². The second kappa shape index (κ2) is 8.42. The van der Waals surface area contributed by atoms with Gasteiger partial charge in [-0.2, -0.15) is 5.26 Å². The molecule has 0 aliphatic carbocycles. The second-order valence-electron chi connectivity index (χ2n) is 6.02. The highest BCUT2D eigenvalue weighted by Crippen LogP contribution is 2.16. The Bertz CT molecular complexity index is 955. The van der Waals surface area contributed by atoms with Gasteiger partial charge in [0, 0.05) is 17.5 Å². The number of rotatable bonds is 5. The summed E-state index contributed by atoms with van der Waals surface area (Å²) in [5.41, 5.74) is 2.11. The van der Waals surface area contributed by atoms with Gasteiger partial charge in [-0.25, -0.2) is 8.78 Å². The molecule has 0 fully saturated rings. The molecule has 2 radical (unpaired) electrons. The number of halogens is 2. The summed E-state index contributed by atoms with van der Waals surface area (Å²) < 4.78 is 27.8. The molecule has 1 atom stereocenters. The summed E-state index contributed by atoms with van der Waals surface area (Å²) in [6.45, 7) is 0. The average molecular weight is 356 g/mol. The molecular formula is C22H15BF2N2. The van der Waals surface area contributed by atoms with Crippen LogP contribution in [-0.2, 0) is 6.42 Å². The fourth-order valence-electron chi connectivity index (χ4n) is 2.75. The number of nitriles is 1. The summed E-state index contributed by atoms with van der Waals surface area (Å²) in [6.07, 6.45) is -0.0529. The fraction of sp³-hybridized carbons (Fsp3) is 0.0909. The molecule has 2 nitrogen and oxygen atoms in total. The molecule has 0 saturated heterocycles. The van der Waals surface area contributed by atoms with Crippen molar-refractivity contribution < 1.29 is 8.78 Å². The Morgan fingerprint density at radius 1 is 0.926 bits per heavy atom. The molecule has 5 heteroatoms. The van der Waals surface area contributed by atoms with E-state index in [1.807, 2.05) is 60.7 Å². The van der Waals surface area contributed by atoms with Crippen LogP contribution in [0.5, 0.6) is 0 Å². The maximum atomic E-state index is 14.1. The van der Waals surface area contributed by atoms with Crippen LogP contribution in [0.15, 0.2) is 77.8 Å². The smallest absolute Gasteiger partial charge is 0.141 e. The van der Waals surface area contributed by atoms with E-state index in [4.69, 9.17) is 7.85 Å². The minimum Gasteiger partial charge on any atom is -0.265 e. The summed E-state index contributed by atoms with van der Waals surface area (Å²) in [6, 6.07) is 22.0. The first-order valence-corrected chi connectivity index (χ1v) is 8.40. The molecule has 0 saturated carbocycles. The van der Waals surface area contributed by atoms with Crippen LogP contribution in [0, 0.1) is 23.0 Å². The summed E-state index contributed by atoms with van der Waals surface area (Å²) in [4.78, 5) is 4.56. The van der Waals surface area contributed by atoms with Gasteiger partial charge in [-0.3, -0.25) is 4.99 Å². The van der Waals surface area contributed by atoms with Gasteiger partial charge in [0.25, 0.3) is 0 Å². The van der Waals surface area contributed by atoms with Gasteiger partial charge >= 0.3 is 0 Å². The predicted octanol–water partition coefficient (Wildman–Crippen LogP) is 3.73. The van der Waals surface area contributed by atoms with Crippen molar-refractivity contribution in [2.75, 3.05) is 0 Å². The van der Waals surface area contributed by atoms with E-state index in [0.29, 0.717) is 5.71 Å². The van der Waals surface area contributed by atoms with Gasteiger partial charge in [-0.1, -0.05) is 66.1 Å². The molecule has 0 aliphatic rings. The normalized spacial score (nSPS) is 11.4. The zero-order valence-corrected chi connectivity index (χ0v) is 14.4. The van der Waals surface area contributed by atoms with Gasteiger partial charge in [-0.15, -0.1) is 0 Å². The topological polar surface area (TPSA) is 36.1 Å². The number of nitrogens with zero attached hydrogens (tertiary/aromatic N) is 2. The maximum absolute atomic E-state index is 14.1. The van der Waals surface area contributed by atoms with Crippen LogP contribution in [0.25, 0.3) is 0 Å². The van der Waals surface area contributed by atoms with Crippen molar-refractivity contribution in [1.82, 2.24) is 0 Å². The van der Waals surface area contributed by atoms with Gasteiger partial charge < -0.3 is 0 Å². The zero-order valence-electron chi connectivity index (χ0n) is 14.4. The first-order valence-electron chi connectivity index (χ1n) is 8.40. The third-order valence-corrected chi connectivity index (χ3v) is 4.11.